The lowest BCUT2D eigenvalue weighted by atomic mass is 9.85. The second-order valence-corrected chi connectivity index (χ2v) is 5.14. The fraction of sp³-hybridized carbons (Fsp3) is 0.429. The summed E-state index contributed by atoms with van der Waals surface area (Å²) in [6, 6.07) is 3.71. The molecule has 98 valence electrons. The molecule has 5 nitrogen and oxygen atoms in total. The number of Topliss-reactive ketones (excluding diaryl/α,β-unsaturated/α-hetero) is 1. The van der Waals surface area contributed by atoms with E-state index in [9.17, 15) is 9.59 Å². The fourth-order valence-corrected chi connectivity index (χ4v) is 3.25. The van der Waals surface area contributed by atoms with Crippen LogP contribution in [0.3, 0.4) is 0 Å². The van der Waals surface area contributed by atoms with Crippen LogP contribution in [0.1, 0.15) is 30.0 Å². The number of nitrogens with zero attached hydrogens (tertiary/aromatic N) is 1. The standard InChI is InChI=1S/C14H13NO4/c16-8-5-11-9-1-2-12-14(19-7-18-12)10(9)3-4-15(11)13(17)6-8/h1-2,11H,3-7H2. The molecular weight excluding hydrogens is 246 g/mol. The number of amides is 1. The Hall–Kier alpha value is -2.04. The van der Waals surface area contributed by atoms with E-state index in [1.54, 1.807) is 0 Å². The Balaban J connectivity index is 1.82. The summed E-state index contributed by atoms with van der Waals surface area (Å²) in [4.78, 5) is 25.4. The first kappa shape index (κ1) is 10.8. The third-order valence-corrected chi connectivity index (χ3v) is 4.11. The van der Waals surface area contributed by atoms with E-state index in [1.165, 1.54) is 0 Å². The highest BCUT2D eigenvalue weighted by atomic mass is 16.7. The van der Waals surface area contributed by atoms with Gasteiger partial charge in [-0.3, -0.25) is 9.59 Å². The molecule has 0 N–H and O–H groups in total. The maximum absolute atomic E-state index is 11.9. The highest BCUT2D eigenvalue weighted by Gasteiger charge is 2.39. The molecule has 1 unspecified atom stereocenters. The molecule has 1 aromatic carbocycles. The molecule has 3 aliphatic rings. The van der Waals surface area contributed by atoms with Crippen molar-refractivity contribution in [2.75, 3.05) is 13.3 Å². The predicted molar refractivity (Wildman–Crippen MR) is 65.0 cm³/mol. The molecule has 0 radical (unpaired) electrons. The SMILES string of the molecule is O=C1CC(=O)N2CCc3c(ccc4c3OCO4)C2C1. The van der Waals surface area contributed by atoms with Gasteiger partial charge in [-0.2, -0.15) is 0 Å². The van der Waals surface area contributed by atoms with E-state index in [4.69, 9.17) is 9.47 Å². The first-order chi connectivity index (χ1) is 9.24. The molecule has 1 aromatic rings. The molecule has 1 saturated heterocycles. The van der Waals surface area contributed by atoms with Crippen molar-refractivity contribution in [1.82, 2.24) is 4.90 Å². The van der Waals surface area contributed by atoms with Crippen LogP contribution in [0.25, 0.3) is 0 Å². The Morgan fingerprint density at radius 1 is 1.21 bits per heavy atom. The van der Waals surface area contributed by atoms with Crippen molar-refractivity contribution < 1.29 is 19.1 Å². The van der Waals surface area contributed by atoms with Gasteiger partial charge < -0.3 is 14.4 Å². The lowest BCUT2D eigenvalue weighted by molar-refractivity contribution is -0.143. The van der Waals surface area contributed by atoms with Crippen LogP contribution in [0.5, 0.6) is 11.5 Å². The molecular formula is C14H13NO4. The minimum absolute atomic E-state index is 0.0248. The number of ether oxygens (including phenoxy) is 2. The van der Waals surface area contributed by atoms with Crippen LogP contribution in [-0.2, 0) is 16.0 Å². The third-order valence-electron chi connectivity index (χ3n) is 4.11. The van der Waals surface area contributed by atoms with E-state index in [0.717, 1.165) is 29.0 Å². The maximum Gasteiger partial charge on any atom is 0.231 e. The number of benzene rings is 1. The summed E-state index contributed by atoms with van der Waals surface area (Å²) in [5.41, 5.74) is 2.13. The van der Waals surface area contributed by atoms with Crippen LogP contribution in [0.2, 0.25) is 0 Å². The first-order valence-corrected chi connectivity index (χ1v) is 6.46. The van der Waals surface area contributed by atoms with Crippen molar-refractivity contribution >= 4 is 11.7 Å². The molecule has 1 fully saturated rings. The number of fused-ring (bicyclic) bond motifs is 5. The zero-order valence-electron chi connectivity index (χ0n) is 10.3. The topological polar surface area (TPSA) is 55.8 Å². The lowest BCUT2D eigenvalue weighted by Gasteiger charge is -2.40. The molecule has 0 saturated carbocycles. The molecule has 19 heavy (non-hydrogen) atoms. The van der Waals surface area contributed by atoms with E-state index in [2.05, 4.69) is 0 Å². The molecule has 1 atom stereocenters. The first-order valence-electron chi connectivity index (χ1n) is 6.46. The van der Waals surface area contributed by atoms with Gasteiger partial charge in [0.1, 0.15) is 5.78 Å². The van der Waals surface area contributed by atoms with Crippen LogP contribution in [0, 0.1) is 0 Å². The van der Waals surface area contributed by atoms with Crippen LogP contribution < -0.4 is 9.47 Å². The molecule has 4 rings (SSSR count). The highest BCUT2D eigenvalue weighted by molar-refractivity contribution is 6.01. The largest absolute Gasteiger partial charge is 0.454 e. The van der Waals surface area contributed by atoms with Gasteiger partial charge in [0.15, 0.2) is 11.5 Å². The van der Waals surface area contributed by atoms with E-state index < -0.39 is 0 Å². The van der Waals surface area contributed by atoms with Gasteiger partial charge in [-0.15, -0.1) is 0 Å². The van der Waals surface area contributed by atoms with Crippen LogP contribution >= 0.6 is 0 Å². The zero-order chi connectivity index (χ0) is 13.0. The molecule has 3 aliphatic heterocycles. The summed E-state index contributed by atoms with van der Waals surface area (Å²) in [7, 11) is 0. The highest BCUT2D eigenvalue weighted by Crippen LogP contribution is 2.45. The Morgan fingerprint density at radius 2 is 2.11 bits per heavy atom. The number of hydrogen-bond donors (Lipinski definition) is 0. The third kappa shape index (κ3) is 1.47. The summed E-state index contributed by atoms with van der Waals surface area (Å²) < 4.78 is 10.9. The fourth-order valence-electron chi connectivity index (χ4n) is 3.25. The van der Waals surface area contributed by atoms with Gasteiger partial charge in [0.05, 0.1) is 12.5 Å². The number of rotatable bonds is 0. The van der Waals surface area contributed by atoms with Crippen molar-refractivity contribution in [3.63, 3.8) is 0 Å². The summed E-state index contributed by atoms with van der Waals surface area (Å²) >= 11 is 0. The molecule has 1 amide bonds. The second kappa shape index (κ2) is 3.73. The minimum atomic E-state index is -0.119. The van der Waals surface area contributed by atoms with Gasteiger partial charge in [-0.1, -0.05) is 6.07 Å². The average molecular weight is 259 g/mol. The quantitative estimate of drug-likeness (QED) is 0.657. The minimum Gasteiger partial charge on any atom is -0.454 e. The Morgan fingerprint density at radius 3 is 3.00 bits per heavy atom. The smallest absolute Gasteiger partial charge is 0.231 e. The zero-order valence-corrected chi connectivity index (χ0v) is 10.3. The molecule has 0 aromatic heterocycles. The predicted octanol–water partition coefficient (Wildman–Crippen LogP) is 1.20. The van der Waals surface area contributed by atoms with Crippen molar-refractivity contribution in [2.24, 2.45) is 0 Å². The van der Waals surface area contributed by atoms with Crippen molar-refractivity contribution in [3.05, 3.63) is 23.3 Å². The van der Waals surface area contributed by atoms with E-state index >= 15 is 0 Å². The number of hydrogen-bond acceptors (Lipinski definition) is 4. The molecule has 0 aliphatic carbocycles. The van der Waals surface area contributed by atoms with Crippen LogP contribution in [-0.4, -0.2) is 29.9 Å². The Bertz CT molecular complexity index is 595. The normalized spacial score (nSPS) is 24.2. The summed E-state index contributed by atoms with van der Waals surface area (Å²) in [5.74, 6) is 1.53. The number of carbonyl (C=O) groups excluding carboxylic acids is 2. The lowest BCUT2D eigenvalue weighted by Crippen LogP contribution is -2.45. The van der Waals surface area contributed by atoms with Gasteiger partial charge in [-0.25, -0.2) is 0 Å². The average Bonchev–Trinajstić information content (AvgIpc) is 2.86. The molecule has 0 bridgehead atoms. The van der Waals surface area contributed by atoms with Crippen molar-refractivity contribution in [3.8, 4) is 11.5 Å². The monoisotopic (exact) mass is 259 g/mol. The van der Waals surface area contributed by atoms with Gasteiger partial charge >= 0.3 is 0 Å². The van der Waals surface area contributed by atoms with Gasteiger partial charge in [0.2, 0.25) is 12.7 Å². The van der Waals surface area contributed by atoms with E-state index in [-0.39, 0.29) is 30.9 Å². The van der Waals surface area contributed by atoms with Crippen molar-refractivity contribution in [2.45, 2.75) is 25.3 Å². The van der Waals surface area contributed by atoms with Crippen molar-refractivity contribution in [1.29, 1.82) is 0 Å². The maximum atomic E-state index is 11.9. The molecule has 5 heteroatoms. The Kier molecular flexibility index (Phi) is 2.13. The van der Waals surface area contributed by atoms with Gasteiger partial charge in [0.25, 0.3) is 0 Å². The number of piperidine rings is 1. The summed E-state index contributed by atoms with van der Waals surface area (Å²) in [6.07, 6.45) is 1.23. The van der Waals surface area contributed by atoms with Crippen LogP contribution in [0.15, 0.2) is 12.1 Å². The van der Waals surface area contributed by atoms with E-state index in [1.807, 2.05) is 17.0 Å². The second-order valence-electron chi connectivity index (χ2n) is 5.14. The number of carbonyl (C=O) groups is 2. The van der Waals surface area contributed by atoms with Gasteiger partial charge in [-0.05, 0) is 18.1 Å². The molecule has 0 spiro atoms. The molecule has 3 heterocycles. The Labute approximate surface area is 110 Å². The van der Waals surface area contributed by atoms with Crippen LogP contribution in [0.4, 0.5) is 0 Å². The summed E-state index contributed by atoms with van der Waals surface area (Å²) in [5, 5.41) is 0. The summed E-state index contributed by atoms with van der Waals surface area (Å²) in [6.45, 7) is 0.904. The van der Waals surface area contributed by atoms with E-state index in [0.29, 0.717) is 13.0 Å². The van der Waals surface area contributed by atoms with Gasteiger partial charge in [0, 0.05) is 18.5 Å². The number of ketones is 1.